The van der Waals surface area contributed by atoms with Gasteiger partial charge in [-0.15, -0.1) is 11.3 Å². The van der Waals surface area contributed by atoms with Crippen LogP contribution in [0.4, 0.5) is 0 Å². The summed E-state index contributed by atoms with van der Waals surface area (Å²) in [6.07, 6.45) is 5.06. The van der Waals surface area contributed by atoms with Crippen LogP contribution in [0.1, 0.15) is 28.4 Å². The molecule has 0 radical (unpaired) electrons. The molecule has 3 rings (SSSR count). The molecule has 0 bridgehead atoms. The minimum Gasteiger partial charge on any atom is -0.486 e. The van der Waals surface area contributed by atoms with Gasteiger partial charge in [-0.2, -0.15) is 0 Å². The molecule has 2 heterocycles. The van der Waals surface area contributed by atoms with Crippen LogP contribution in [-0.2, 0) is 4.79 Å². The maximum Gasteiger partial charge on any atom is 0.244 e. The molecule has 1 atom stereocenters. The first-order valence-electron chi connectivity index (χ1n) is 7.42. The van der Waals surface area contributed by atoms with Crippen LogP contribution in [0.25, 0.3) is 6.08 Å². The van der Waals surface area contributed by atoms with E-state index in [0.29, 0.717) is 13.2 Å². The van der Waals surface area contributed by atoms with Gasteiger partial charge in [0.05, 0.1) is 11.0 Å². The fourth-order valence-electron chi connectivity index (χ4n) is 2.29. The third kappa shape index (κ3) is 3.90. The van der Waals surface area contributed by atoms with Gasteiger partial charge in [-0.25, -0.2) is 4.98 Å². The predicted octanol–water partition coefficient (Wildman–Crippen LogP) is 3.11. The number of carbonyl (C=O) groups excluding carboxylic acids is 1. The molecule has 1 N–H and O–H groups in total. The SMILES string of the molecule is Cc1ncc(/C=C/C(=O)N[C@@H](C)c2ccc3c(c2)OCCO3)s1. The third-order valence-corrected chi connectivity index (χ3v) is 4.34. The molecule has 0 saturated carbocycles. The molecular formula is C17H18N2O3S. The maximum absolute atomic E-state index is 12.0. The summed E-state index contributed by atoms with van der Waals surface area (Å²) < 4.78 is 11.1. The first kappa shape index (κ1) is 15.6. The first-order chi connectivity index (χ1) is 11.1. The van der Waals surface area contributed by atoms with E-state index in [2.05, 4.69) is 10.3 Å². The summed E-state index contributed by atoms with van der Waals surface area (Å²) in [4.78, 5) is 17.1. The number of aromatic nitrogens is 1. The number of nitrogens with zero attached hydrogens (tertiary/aromatic N) is 1. The van der Waals surface area contributed by atoms with Gasteiger partial charge >= 0.3 is 0 Å². The van der Waals surface area contributed by atoms with Crippen molar-refractivity contribution in [2.75, 3.05) is 13.2 Å². The Balaban J connectivity index is 1.63. The summed E-state index contributed by atoms with van der Waals surface area (Å²) in [5.41, 5.74) is 0.977. The summed E-state index contributed by atoms with van der Waals surface area (Å²) in [7, 11) is 0. The van der Waals surface area contributed by atoms with Crippen molar-refractivity contribution in [3.8, 4) is 11.5 Å². The van der Waals surface area contributed by atoms with Gasteiger partial charge in [-0.1, -0.05) is 6.07 Å². The number of amides is 1. The molecule has 0 spiro atoms. The zero-order chi connectivity index (χ0) is 16.2. The third-order valence-electron chi connectivity index (χ3n) is 3.46. The monoisotopic (exact) mass is 330 g/mol. The molecule has 5 nitrogen and oxygen atoms in total. The number of hydrogen-bond donors (Lipinski definition) is 1. The zero-order valence-corrected chi connectivity index (χ0v) is 13.9. The van der Waals surface area contributed by atoms with Gasteiger partial charge in [0.2, 0.25) is 5.91 Å². The molecule has 2 aromatic rings. The van der Waals surface area contributed by atoms with Crippen LogP contribution in [0, 0.1) is 6.92 Å². The van der Waals surface area contributed by atoms with Crippen molar-refractivity contribution < 1.29 is 14.3 Å². The van der Waals surface area contributed by atoms with E-state index < -0.39 is 0 Å². The van der Waals surface area contributed by atoms with E-state index >= 15 is 0 Å². The van der Waals surface area contributed by atoms with Crippen molar-refractivity contribution in [3.05, 3.63) is 45.9 Å². The number of thiazole rings is 1. The summed E-state index contributed by atoms with van der Waals surface area (Å²) in [5, 5.41) is 3.92. The number of hydrogen-bond acceptors (Lipinski definition) is 5. The van der Waals surface area contributed by atoms with Gasteiger partial charge in [0.15, 0.2) is 11.5 Å². The van der Waals surface area contributed by atoms with Crippen molar-refractivity contribution in [1.29, 1.82) is 0 Å². The highest BCUT2D eigenvalue weighted by atomic mass is 32.1. The Morgan fingerprint density at radius 3 is 2.87 bits per heavy atom. The van der Waals surface area contributed by atoms with Gasteiger partial charge in [-0.05, 0) is 37.6 Å². The average Bonchev–Trinajstić information content (AvgIpc) is 2.98. The number of aryl methyl sites for hydroxylation is 1. The van der Waals surface area contributed by atoms with Crippen molar-refractivity contribution in [1.82, 2.24) is 10.3 Å². The van der Waals surface area contributed by atoms with Crippen LogP contribution < -0.4 is 14.8 Å². The molecule has 1 aromatic carbocycles. The Morgan fingerprint density at radius 2 is 2.13 bits per heavy atom. The van der Waals surface area contributed by atoms with Gasteiger partial charge in [0.1, 0.15) is 13.2 Å². The van der Waals surface area contributed by atoms with Crippen LogP contribution in [0.2, 0.25) is 0 Å². The van der Waals surface area contributed by atoms with Gasteiger partial charge in [0, 0.05) is 17.2 Å². The summed E-state index contributed by atoms with van der Waals surface area (Å²) in [5.74, 6) is 1.34. The Labute approximate surface area is 139 Å². The van der Waals surface area contributed by atoms with E-state index in [9.17, 15) is 4.79 Å². The molecule has 23 heavy (non-hydrogen) atoms. The molecule has 1 amide bonds. The number of ether oxygens (including phenoxy) is 2. The highest BCUT2D eigenvalue weighted by molar-refractivity contribution is 7.12. The van der Waals surface area contributed by atoms with Gasteiger partial charge in [-0.3, -0.25) is 4.79 Å². The highest BCUT2D eigenvalue weighted by Crippen LogP contribution is 2.32. The smallest absolute Gasteiger partial charge is 0.244 e. The minimum atomic E-state index is -0.140. The normalized spacial score (nSPS) is 14.7. The quantitative estimate of drug-likeness (QED) is 0.875. The number of rotatable bonds is 4. The maximum atomic E-state index is 12.0. The highest BCUT2D eigenvalue weighted by Gasteiger charge is 2.15. The van der Waals surface area contributed by atoms with Crippen molar-refractivity contribution in [2.24, 2.45) is 0 Å². The molecular weight excluding hydrogens is 312 g/mol. The summed E-state index contributed by atoms with van der Waals surface area (Å²) in [6, 6.07) is 5.61. The first-order valence-corrected chi connectivity index (χ1v) is 8.24. The van der Waals surface area contributed by atoms with Crippen LogP contribution in [-0.4, -0.2) is 24.1 Å². The second-order valence-electron chi connectivity index (χ2n) is 5.25. The summed E-state index contributed by atoms with van der Waals surface area (Å²) in [6.45, 7) is 4.99. The number of benzene rings is 1. The molecule has 6 heteroatoms. The molecule has 0 aliphatic carbocycles. The standard InChI is InChI=1S/C17H18N2O3S/c1-11(13-3-5-15-16(9-13)22-8-7-21-15)19-17(20)6-4-14-10-18-12(2)23-14/h3-6,9-11H,7-8H2,1-2H3,(H,19,20)/b6-4+/t11-/m0/s1. The van der Waals surface area contributed by atoms with E-state index in [4.69, 9.17) is 9.47 Å². The molecule has 1 aliphatic heterocycles. The Hall–Kier alpha value is -2.34. The lowest BCUT2D eigenvalue weighted by atomic mass is 10.1. The second kappa shape index (κ2) is 6.83. The van der Waals surface area contributed by atoms with Crippen LogP contribution in [0.3, 0.4) is 0 Å². The lowest BCUT2D eigenvalue weighted by Gasteiger charge is -2.20. The van der Waals surface area contributed by atoms with E-state index in [0.717, 1.165) is 26.9 Å². The van der Waals surface area contributed by atoms with E-state index in [-0.39, 0.29) is 11.9 Å². The minimum absolute atomic E-state index is 0.119. The van der Waals surface area contributed by atoms with Crippen LogP contribution in [0.5, 0.6) is 11.5 Å². The molecule has 0 unspecified atom stereocenters. The number of carbonyl (C=O) groups is 1. The van der Waals surface area contributed by atoms with E-state index in [1.807, 2.05) is 32.0 Å². The number of fused-ring (bicyclic) bond motifs is 1. The zero-order valence-electron chi connectivity index (χ0n) is 13.0. The predicted molar refractivity (Wildman–Crippen MR) is 89.9 cm³/mol. The lowest BCUT2D eigenvalue weighted by molar-refractivity contribution is -0.117. The topological polar surface area (TPSA) is 60.5 Å². The Kier molecular flexibility index (Phi) is 4.62. The molecule has 0 saturated heterocycles. The van der Waals surface area contributed by atoms with Gasteiger partial charge < -0.3 is 14.8 Å². The Bertz CT molecular complexity index is 739. The van der Waals surface area contributed by atoms with E-state index in [1.54, 1.807) is 23.6 Å². The fraction of sp³-hybridized carbons (Fsp3) is 0.294. The largest absolute Gasteiger partial charge is 0.486 e. The molecule has 1 aromatic heterocycles. The summed E-state index contributed by atoms with van der Waals surface area (Å²) >= 11 is 1.55. The molecule has 1 aliphatic rings. The fourth-order valence-corrected chi connectivity index (χ4v) is 2.97. The number of nitrogens with one attached hydrogen (secondary N) is 1. The lowest BCUT2D eigenvalue weighted by Crippen LogP contribution is -2.25. The molecule has 120 valence electrons. The van der Waals surface area contributed by atoms with Crippen molar-refractivity contribution >= 4 is 23.3 Å². The van der Waals surface area contributed by atoms with Crippen molar-refractivity contribution in [2.45, 2.75) is 19.9 Å². The van der Waals surface area contributed by atoms with Crippen LogP contribution in [0.15, 0.2) is 30.5 Å². The second-order valence-corrected chi connectivity index (χ2v) is 6.51. The van der Waals surface area contributed by atoms with Gasteiger partial charge in [0.25, 0.3) is 0 Å². The average molecular weight is 330 g/mol. The Morgan fingerprint density at radius 1 is 1.35 bits per heavy atom. The van der Waals surface area contributed by atoms with Crippen molar-refractivity contribution in [3.63, 3.8) is 0 Å². The molecule has 0 fully saturated rings. The van der Waals surface area contributed by atoms with Crippen LogP contribution >= 0.6 is 11.3 Å². The van der Waals surface area contributed by atoms with E-state index in [1.165, 1.54) is 6.08 Å².